The van der Waals surface area contributed by atoms with E-state index in [2.05, 4.69) is 10.2 Å². The smallest absolute Gasteiger partial charge is 0.317 e. The number of urea groups is 1. The number of benzene rings is 1. The number of nitrogens with zero attached hydrogens (tertiary/aromatic N) is 2. The van der Waals surface area contributed by atoms with Crippen molar-refractivity contribution in [1.82, 2.24) is 15.1 Å². The predicted molar refractivity (Wildman–Crippen MR) is 104 cm³/mol. The van der Waals surface area contributed by atoms with Crippen molar-refractivity contribution in [1.29, 1.82) is 0 Å². The first kappa shape index (κ1) is 20.1. The average molecular weight is 378 g/mol. The van der Waals surface area contributed by atoms with Crippen molar-refractivity contribution in [2.24, 2.45) is 0 Å². The fourth-order valence-corrected chi connectivity index (χ4v) is 4.18. The third-order valence-electron chi connectivity index (χ3n) is 5.81. The van der Waals surface area contributed by atoms with E-state index in [4.69, 9.17) is 4.74 Å². The van der Waals surface area contributed by atoms with Gasteiger partial charge in [-0.2, -0.15) is 0 Å². The van der Waals surface area contributed by atoms with Crippen molar-refractivity contribution in [3.63, 3.8) is 0 Å². The molecule has 1 aromatic rings. The lowest BCUT2D eigenvalue weighted by Gasteiger charge is -2.38. The van der Waals surface area contributed by atoms with Crippen LogP contribution in [0, 0.1) is 5.82 Å². The molecule has 0 spiro atoms. The number of methoxy groups -OCH3 is 1. The zero-order valence-corrected chi connectivity index (χ0v) is 16.3. The van der Waals surface area contributed by atoms with E-state index in [1.807, 2.05) is 17.0 Å². The van der Waals surface area contributed by atoms with Gasteiger partial charge in [-0.1, -0.05) is 18.2 Å². The number of piperidine rings is 2. The van der Waals surface area contributed by atoms with Crippen LogP contribution in [0.5, 0.6) is 0 Å². The molecule has 2 saturated heterocycles. The van der Waals surface area contributed by atoms with Crippen LogP contribution in [0.3, 0.4) is 0 Å². The Hall–Kier alpha value is -1.66. The molecular weight excluding hydrogens is 345 g/mol. The standard InChI is InChI=1S/C21H32FN3O2/c1-27-15-11-19-7-4-5-12-25(19)21(26)23-18-9-13-24(14-10-18)16-17-6-2-3-8-20(17)22/h2-3,6,8,18-19H,4-5,7,9-16H2,1H3,(H,23,26)/t19-/m1/s1. The fraction of sp³-hybridized carbons (Fsp3) is 0.667. The van der Waals surface area contributed by atoms with Gasteiger partial charge in [0.05, 0.1) is 0 Å². The van der Waals surface area contributed by atoms with E-state index in [9.17, 15) is 9.18 Å². The largest absolute Gasteiger partial charge is 0.385 e. The summed E-state index contributed by atoms with van der Waals surface area (Å²) in [5.41, 5.74) is 0.745. The van der Waals surface area contributed by atoms with Crippen LogP contribution in [0.2, 0.25) is 0 Å². The Balaban J connectivity index is 1.45. The molecule has 0 unspecified atom stereocenters. The van der Waals surface area contributed by atoms with Crippen LogP contribution in [-0.2, 0) is 11.3 Å². The average Bonchev–Trinajstić information content (AvgIpc) is 2.70. The van der Waals surface area contributed by atoms with Crippen molar-refractivity contribution in [2.45, 2.75) is 57.2 Å². The zero-order valence-electron chi connectivity index (χ0n) is 16.3. The van der Waals surface area contributed by atoms with E-state index in [0.29, 0.717) is 19.2 Å². The second-order valence-electron chi connectivity index (χ2n) is 7.72. The number of hydrogen-bond acceptors (Lipinski definition) is 3. The molecule has 2 fully saturated rings. The zero-order chi connectivity index (χ0) is 19.1. The van der Waals surface area contributed by atoms with Gasteiger partial charge in [0.1, 0.15) is 5.82 Å². The van der Waals surface area contributed by atoms with Crippen molar-refractivity contribution in [3.8, 4) is 0 Å². The third kappa shape index (κ3) is 5.66. The Bertz CT molecular complexity index is 605. The van der Waals surface area contributed by atoms with Gasteiger partial charge in [0.2, 0.25) is 0 Å². The second-order valence-corrected chi connectivity index (χ2v) is 7.72. The van der Waals surface area contributed by atoms with Gasteiger partial charge in [-0.25, -0.2) is 9.18 Å². The van der Waals surface area contributed by atoms with Gasteiger partial charge in [-0.15, -0.1) is 0 Å². The summed E-state index contributed by atoms with van der Waals surface area (Å²) in [6, 6.07) is 7.54. The van der Waals surface area contributed by atoms with Gasteiger partial charge in [0.15, 0.2) is 0 Å². The molecule has 3 rings (SSSR count). The summed E-state index contributed by atoms with van der Waals surface area (Å²) in [5.74, 6) is -0.139. The van der Waals surface area contributed by atoms with Crippen LogP contribution in [0.4, 0.5) is 9.18 Å². The minimum Gasteiger partial charge on any atom is -0.385 e. The maximum Gasteiger partial charge on any atom is 0.317 e. The molecule has 2 heterocycles. The number of carbonyl (C=O) groups excluding carboxylic acids is 1. The summed E-state index contributed by atoms with van der Waals surface area (Å²) in [4.78, 5) is 17.0. The summed E-state index contributed by atoms with van der Waals surface area (Å²) in [7, 11) is 1.71. The van der Waals surface area contributed by atoms with Gasteiger partial charge in [0, 0.05) is 57.5 Å². The highest BCUT2D eigenvalue weighted by molar-refractivity contribution is 5.75. The summed E-state index contributed by atoms with van der Waals surface area (Å²) in [5, 5.41) is 3.24. The number of carbonyl (C=O) groups is 1. The molecule has 2 aliphatic rings. The lowest BCUT2D eigenvalue weighted by Crippen LogP contribution is -2.53. The minimum atomic E-state index is -0.139. The van der Waals surface area contributed by atoms with Gasteiger partial charge < -0.3 is 15.0 Å². The van der Waals surface area contributed by atoms with Crippen molar-refractivity contribution < 1.29 is 13.9 Å². The molecule has 1 aromatic carbocycles. The Morgan fingerprint density at radius 3 is 2.70 bits per heavy atom. The number of amides is 2. The number of ether oxygens (including phenoxy) is 1. The van der Waals surface area contributed by atoms with E-state index in [0.717, 1.165) is 57.3 Å². The SMILES string of the molecule is COCC[C@H]1CCCCN1C(=O)NC1CCN(Cc2ccccc2F)CC1. The first-order valence-electron chi connectivity index (χ1n) is 10.2. The first-order valence-corrected chi connectivity index (χ1v) is 10.2. The van der Waals surface area contributed by atoms with E-state index in [1.54, 1.807) is 13.2 Å². The van der Waals surface area contributed by atoms with Gasteiger partial charge in [0.25, 0.3) is 0 Å². The highest BCUT2D eigenvalue weighted by atomic mass is 19.1. The first-order chi connectivity index (χ1) is 13.2. The molecule has 2 amide bonds. The normalized spacial score (nSPS) is 22.0. The molecule has 0 bridgehead atoms. The van der Waals surface area contributed by atoms with Crippen LogP contribution in [-0.4, -0.2) is 61.3 Å². The Morgan fingerprint density at radius 2 is 1.96 bits per heavy atom. The number of rotatable bonds is 6. The number of likely N-dealkylation sites (tertiary alicyclic amines) is 2. The Morgan fingerprint density at radius 1 is 1.19 bits per heavy atom. The summed E-state index contributed by atoms with van der Waals surface area (Å²) in [6.07, 6.45) is 6.07. The third-order valence-corrected chi connectivity index (χ3v) is 5.81. The molecule has 0 saturated carbocycles. The molecule has 27 heavy (non-hydrogen) atoms. The lowest BCUT2D eigenvalue weighted by molar-refractivity contribution is 0.111. The maximum absolute atomic E-state index is 13.8. The number of hydrogen-bond donors (Lipinski definition) is 1. The molecule has 0 radical (unpaired) electrons. The molecule has 2 aliphatic heterocycles. The van der Waals surface area contributed by atoms with Crippen LogP contribution in [0.1, 0.15) is 44.1 Å². The maximum atomic E-state index is 13.8. The molecule has 0 aliphatic carbocycles. The van der Waals surface area contributed by atoms with E-state index >= 15 is 0 Å². The van der Waals surface area contributed by atoms with Crippen molar-refractivity contribution in [2.75, 3.05) is 33.4 Å². The van der Waals surface area contributed by atoms with Crippen LogP contribution in [0.25, 0.3) is 0 Å². The van der Waals surface area contributed by atoms with Crippen molar-refractivity contribution >= 4 is 6.03 Å². The highest BCUT2D eigenvalue weighted by Crippen LogP contribution is 2.21. The summed E-state index contributed by atoms with van der Waals surface area (Å²) < 4.78 is 19.0. The van der Waals surface area contributed by atoms with Crippen LogP contribution >= 0.6 is 0 Å². The number of halogens is 1. The van der Waals surface area contributed by atoms with Crippen LogP contribution < -0.4 is 5.32 Å². The summed E-state index contributed by atoms with van der Waals surface area (Å²) in [6.45, 7) is 3.94. The van der Waals surface area contributed by atoms with E-state index in [1.165, 1.54) is 12.5 Å². The van der Waals surface area contributed by atoms with Gasteiger partial charge in [-0.3, -0.25) is 4.90 Å². The molecule has 150 valence electrons. The van der Waals surface area contributed by atoms with Crippen LogP contribution in [0.15, 0.2) is 24.3 Å². The fourth-order valence-electron chi connectivity index (χ4n) is 4.18. The Labute approximate surface area is 161 Å². The minimum absolute atomic E-state index is 0.0726. The van der Waals surface area contributed by atoms with Crippen molar-refractivity contribution in [3.05, 3.63) is 35.6 Å². The van der Waals surface area contributed by atoms with E-state index in [-0.39, 0.29) is 17.9 Å². The molecule has 1 N–H and O–H groups in total. The molecule has 1 atom stereocenters. The molecule has 6 heteroatoms. The second kappa shape index (κ2) is 10.0. The lowest BCUT2D eigenvalue weighted by atomic mass is 9.99. The van der Waals surface area contributed by atoms with E-state index < -0.39 is 0 Å². The van der Waals surface area contributed by atoms with Gasteiger partial charge >= 0.3 is 6.03 Å². The molecule has 0 aromatic heterocycles. The number of nitrogens with one attached hydrogen (secondary N) is 1. The monoisotopic (exact) mass is 377 g/mol. The summed E-state index contributed by atoms with van der Waals surface area (Å²) >= 11 is 0. The molecular formula is C21H32FN3O2. The highest BCUT2D eigenvalue weighted by Gasteiger charge is 2.29. The Kier molecular flexibility index (Phi) is 7.47. The molecule has 5 nitrogen and oxygen atoms in total. The van der Waals surface area contributed by atoms with Gasteiger partial charge in [-0.05, 0) is 44.6 Å². The quantitative estimate of drug-likeness (QED) is 0.827. The predicted octanol–water partition coefficient (Wildman–Crippen LogP) is 3.39. The topological polar surface area (TPSA) is 44.8 Å².